The lowest BCUT2D eigenvalue weighted by molar-refractivity contribution is 0.457. The normalized spacial score (nSPS) is 11.6. The number of aromatic nitrogens is 2. The van der Waals surface area contributed by atoms with Crippen molar-refractivity contribution in [2.75, 3.05) is 12.0 Å². The topological polar surface area (TPSA) is 84.2 Å². The molecule has 8 heteroatoms. The van der Waals surface area contributed by atoms with Crippen molar-refractivity contribution in [3.8, 4) is 6.01 Å². The Kier molecular flexibility index (Phi) is 5.10. The van der Waals surface area contributed by atoms with Crippen LogP contribution >= 0.6 is 12.0 Å². The maximum Gasteiger partial charge on any atom is 0.308 e. The van der Waals surface area contributed by atoms with E-state index in [4.69, 9.17) is 4.18 Å². The van der Waals surface area contributed by atoms with Crippen LogP contribution in [0.15, 0.2) is 12.4 Å². The number of aryl methyl sites for hydroxylation is 1. The fraction of sp³-hybridized carbons (Fsp3) is 0.625. The first kappa shape index (κ1) is 13.3. The Morgan fingerprint density at radius 2 is 2.31 bits per heavy atom. The molecule has 6 nitrogen and oxygen atoms in total. The van der Waals surface area contributed by atoms with Crippen molar-refractivity contribution < 1.29 is 17.2 Å². The zero-order valence-electron chi connectivity index (χ0n) is 8.83. The van der Waals surface area contributed by atoms with Crippen LogP contribution in [-0.4, -0.2) is 34.5 Å². The third-order valence-electron chi connectivity index (χ3n) is 1.88. The summed E-state index contributed by atoms with van der Waals surface area (Å²) in [7, 11) is -4.10. The quantitative estimate of drug-likeness (QED) is 0.413. The molecule has 1 aromatic heterocycles. The first-order valence-corrected chi connectivity index (χ1v) is 7.41. The molecule has 0 fully saturated rings. The minimum Gasteiger partial charge on any atom is -0.748 e. The molecule has 0 saturated carbocycles. The van der Waals surface area contributed by atoms with Crippen molar-refractivity contribution in [2.45, 2.75) is 19.4 Å². The van der Waals surface area contributed by atoms with Gasteiger partial charge >= 0.3 is 6.01 Å². The predicted octanol–water partition coefficient (Wildman–Crippen LogP) is 0.865. The Balaban J connectivity index is 2.34. The van der Waals surface area contributed by atoms with Crippen LogP contribution < -0.4 is 4.18 Å². The number of imidazole rings is 1. The zero-order chi connectivity index (χ0) is 12.0. The van der Waals surface area contributed by atoms with E-state index in [1.165, 1.54) is 12.0 Å². The monoisotopic (exact) mass is 265 g/mol. The molecule has 0 radical (unpaired) electrons. The maximum absolute atomic E-state index is 10.4. The van der Waals surface area contributed by atoms with E-state index in [9.17, 15) is 13.0 Å². The summed E-state index contributed by atoms with van der Waals surface area (Å²) < 4.78 is 38.0. The minimum atomic E-state index is -4.10. The number of hydrogen-bond acceptors (Lipinski definition) is 6. The van der Waals surface area contributed by atoms with Crippen LogP contribution in [0.1, 0.15) is 12.8 Å². The standard InChI is InChI=1S/C8H14N2O4S2/c1-15-14-8-9-4-6-10(8)5-2-3-7-16(11,12)13/h4,6H,2-3,5,7H2,1H3,(H,11,12,13)/p-1. The molecular formula is C8H13N2O4S2-. The molecule has 0 aliphatic rings. The number of unbranched alkanes of at least 4 members (excludes halogenated alkanes) is 1. The van der Waals surface area contributed by atoms with E-state index < -0.39 is 10.1 Å². The summed E-state index contributed by atoms with van der Waals surface area (Å²) in [6.07, 6.45) is 6.08. The van der Waals surface area contributed by atoms with E-state index in [-0.39, 0.29) is 5.75 Å². The second-order valence-electron chi connectivity index (χ2n) is 3.12. The van der Waals surface area contributed by atoms with Crippen LogP contribution in [0, 0.1) is 0 Å². The summed E-state index contributed by atoms with van der Waals surface area (Å²) >= 11 is 1.19. The Labute approximate surface area is 99.0 Å². The molecule has 0 aliphatic heterocycles. The summed E-state index contributed by atoms with van der Waals surface area (Å²) in [5.74, 6) is -0.319. The molecule has 0 saturated heterocycles. The van der Waals surface area contributed by atoms with Gasteiger partial charge in [0, 0.05) is 30.9 Å². The van der Waals surface area contributed by atoms with E-state index in [2.05, 4.69) is 4.98 Å². The predicted molar refractivity (Wildman–Crippen MR) is 60.2 cm³/mol. The van der Waals surface area contributed by atoms with Gasteiger partial charge in [-0.15, -0.1) is 0 Å². The van der Waals surface area contributed by atoms with E-state index in [1.54, 1.807) is 23.2 Å². The highest BCUT2D eigenvalue weighted by molar-refractivity contribution is 7.94. The lowest BCUT2D eigenvalue weighted by atomic mass is 10.3. The molecular weight excluding hydrogens is 252 g/mol. The van der Waals surface area contributed by atoms with Crippen molar-refractivity contribution in [2.24, 2.45) is 0 Å². The Bertz CT molecular complexity index is 415. The summed E-state index contributed by atoms with van der Waals surface area (Å²) in [6, 6.07) is 0.484. The Hall–Kier alpha value is -0.730. The van der Waals surface area contributed by atoms with Gasteiger partial charge in [-0.2, -0.15) is 0 Å². The van der Waals surface area contributed by atoms with Crippen molar-refractivity contribution in [1.29, 1.82) is 0 Å². The highest BCUT2D eigenvalue weighted by Gasteiger charge is 2.03. The van der Waals surface area contributed by atoms with Crippen LogP contribution in [0.5, 0.6) is 6.01 Å². The Morgan fingerprint density at radius 1 is 1.56 bits per heavy atom. The maximum atomic E-state index is 10.4. The number of rotatable bonds is 7. The van der Waals surface area contributed by atoms with Gasteiger partial charge in [0.2, 0.25) is 0 Å². The van der Waals surface area contributed by atoms with Crippen LogP contribution in [-0.2, 0) is 16.7 Å². The molecule has 16 heavy (non-hydrogen) atoms. The fourth-order valence-corrected chi connectivity index (χ4v) is 2.04. The molecule has 0 N–H and O–H groups in total. The van der Waals surface area contributed by atoms with Crippen LogP contribution in [0.4, 0.5) is 0 Å². The van der Waals surface area contributed by atoms with Gasteiger partial charge in [0.1, 0.15) is 0 Å². The molecule has 0 spiro atoms. The average molecular weight is 265 g/mol. The SMILES string of the molecule is CSOc1nccn1CCCCS(=O)(=O)[O-]. The van der Waals surface area contributed by atoms with Crippen molar-refractivity contribution in [1.82, 2.24) is 9.55 Å². The average Bonchev–Trinajstić information content (AvgIpc) is 2.60. The van der Waals surface area contributed by atoms with E-state index in [0.29, 0.717) is 25.4 Å². The summed E-state index contributed by atoms with van der Waals surface area (Å²) in [5, 5.41) is 0. The second kappa shape index (κ2) is 6.12. The second-order valence-corrected chi connectivity index (χ2v) is 5.15. The van der Waals surface area contributed by atoms with Crippen LogP contribution in [0.25, 0.3) is 0 Å². The van der Waals surface area contributed by atoms with Crippen molar-refractivity contribution in [3.05, 3.63) is 12.4 Å². The summed E-state index contributed by atoms with van der Waals surface area (Å²) in [6.45, 7) is 0.589. The van der Waals surface area contributed by atoms with Gasteiger partial charge in [-0.25, -0.2) is 13.4 Å². The van der Waals surface area contributed by atoms with Gasteiger partial charge in [0.15, 0.2) is 0 Å². The third kappa shape index (κ3) is 4.86. The van der Waals surface area contributed by atoms with Gasteiger partial charge < -0.3 is 13.3 Å². The third-order valence-corrected chi connectivity index (χ3v) is 2.98. The largest absolute Gasteiger partial charge is 0.748 e. The molecule has 1 aromatic rings. The van der Waals surface area contributed by atoms with Crippen LogP contribution in [0.2, 0.25) is 0 Å². The van der Waals surface area contributed by atoms with Gasteiger partial charge in [0.05, 0.1) is 22.2 Å². The first-order valence-electron chi connectivity index (χ1n) is 4.68. The lowest BCUT2D eigenvalue weighted by Crippen LogP contribution is -2.06. The van der Waals surface area contributed by atoms with Crippen molar-refractivity contribution in [3.63, 3.8) is 0 Å². The minimum absolute atomic E-state index is 0.319. The van der Waals surface area contributed by atoms with Crippen LogP contribution in [0.3, 0.4) is 0 Å². The Morgan fingerprint density at radius 3 is 2.94 bits per heavy atom. The zero-order valence-corrected chi connectivity index (χ0v) is 10.5. The number of nitrogens with zero attached hydrogens (tertiary/aromatic N) is 2. The van der Waals surface area contributed by atoms with Gasteiger partial charge in [-0.3, -0.25) is 0 Å². The molecule has 92 valence electrons. The molecule has 0 aliphatic carbocycles. The van der Waals surface area contributed by atoms with Gasteiger partial charge in [-0.1, -0.05) is 0 Å². The highest BCUT2D eigenvalue weighted by Crippen LogP contribution is 2.13. The van der Waals surface area contributed by atoms with Gasteiger partial charge in [0.25, 0.3) is 0 Å². The lowest BCUT2D eigenvalue weighted by Gasteiger charge is -2.08. The summed E-state index contributed by atoms with van der Waals surface area (Å²) in [5.41, 5.74) is 0. The van der Waals surface area contributed by atoms with E-state index >= 15 is 0 Å². The molecule has 0 bridgehead atoms. The smallest absolute Gasteiger partial charge is 0.308 e. The van der Waals surface area contributed by atoms with Gasteiger partial charge in [-0.05, 0) is 12.8 Å². The summed E-state index contributed by atoms with van der Waals surface area (Å²) in [4.78, 5) is 3.97. The van der Waals surface area contributed by atoms with E-state index in [0.717, 1.165) is 0 Å². The molecule has 1 heterocycles. The highest BCUT2D eigenvalue weighted by atomic mass is 32.2. The molecule has 0 amide bonds. The van der Waals surface area contributed by atoms with E-state index in [1.807, 2.05) is 0 Å². The fourth-order valence-electron chi connectivity index (χ4n) is 1.19. The molecule has 0 aromatic carbocycles. The molecule has 1 rings (SSSR count). The molecule has 0 unspecified atom stereocenters. The first-order chi connectivity index (χ1) is 7.53. The number of hydrogen-bond donors (Lipinski definition) is 0. The molecule has 0 atom stereocenters. The van der Waals surface area contributed by atoms with Crippen molar-refractivity contribution >= 4 is 22.2 Å².